The quantitative estimate of drug-likeness (QED) is 0.701. The zero-order valence-corrected chi connectivity index (χ0v) is 17.1. The van der Waals surface area contributed by atoms with Crippen LogP contribution in [0.1, 0.15) is 23.4 Å². The van der Waals surface area contributed by atoms with E-state index in [-0.39, 0.29) is 12.6 Å². The number of nitrogens with two attached hydrogens (primary N) is 1. The van der Waals surface area contributed by atoms with Crippen molar-refractivity contribution in [3.63, 3.8) is 0 Å². The fourth-order valence-electron chi connectivity index (χ4n) is 4.15. The summed E-state index contributed by atoms with van der Waals surface area (Å²) in [6.07, 6.45) is 0.501. The summed E-state index contributed by atoms with van der Waals surface area (Å²) >= 11 is 0. The number of amides is 3. The Morgan fingerprint density at radius 2 is 1.67 bits per heavy atom. The number of carbonyl (C=O) groups excluding carboxylic acids is 2. The van der Waals surface area contributed by atoms with Gasteiger partial charge in [-0.1, -0.05) is 48.5 Å². The molecule has 2 aromatic carbocycles. The van der Waals surface area contributed by atoms with Crippen molar-refractivity contribution in [1.82, 2.24) is 14.7 Å². The van der Waals surface area contributed by atoms with Gasteiger partial charge in [-0.25, -0.2) is 9.48 Å². The van der Waals surface area contributed by atoms with Gasteiger partial charge < -0.3 is 16.0 Å². The van der Waals surface area contributed by atoms with Crippen LogP contribution in [0.25, 0.3) is 5.69 Å². The van der Waals surface area contributed by atoms with Crippen LogP contribution in [-0.4, -0.2) is 39.7 Å². The number of rotatable bonds is 4. The Morgan fingerprint density at radius 3 is 2.30 bits per heavy atom. The lowest BCUT2D eigenvalue weighted by Gasteiger charge is -2.26. The molecule has 2 heterocycles. The second-order valence-electron chi connectivity index (χ2n) is 7.71. The van der Waals surface area contributed by atoms with E-state index in [0.29, 0.717) is 18.7 Å². The molecule has 0 aliphatic carbocycles. The topological polar surface area (TPSA) is 93.2 Å². The van der Waals surface area contributed by atoms with E-state index >= 15 is 0 Å². The van der Waals surface area contributed by atoms with Crippen molar-refractivity contribution < 1.29 is 9.59 Å². The number of carbonyl (C=O) groups is 2. The number of aryl methyl sites for hydroxylation is 1. The van der Waals surface area contributed by atoms with Gasteiger partial charge in [0.2, 0.25) is 5.91 Å². The van der Waals surface area contributed by atoms with E-state index in [1.807, 2.05) is 79.2 Å². The second kappa shape index (κ2) is 7.67. The summed E-state index contributed by atoms with van der Waals surface area (Å²) in [4.78, 5) is 27.1. The summed E-state index contributed by atoms with van der Waals surface area (Å²) in [6, 6.07) is 19.0. The molecule has 1 aliphatic heterocycles. The minimum absolute atomic E-state index is 0.253. The zero-order valence-electron chi connectivity index (χ0n) is 17.1. The molecule has 4 rings (SSSR count). The van der Waals surface area contributed by atoms with Gasteiger partial charge in [-0.2, -0.15) is 5.10 Å². The molecule has 0 radical (unpaired) electrons. The van der Waals surface area contributed by atoms with E-state index in [2.05, 4.69) is 10.4 Å². The highest BCUT2D eigenvalue weighted by molar-refractivity contribution is 5.93. The summed E-state index contributed by atoms with van der Waals surface area (Å²) in [5.74, 6) is -0.409. The first-order chi connectivity index (χ1) is 14.4. The molecular formula is C23H25N5O2. The summed E-state index contributed by atoms with van der Waals surface area (Å²) in [6.45, 7) is 4.49. The fraction of sp³-hybridized carbons (Fsp3) is 0.261. The van der Waals surface area contributed by atoms with Gasteiger partial charge in [-0.15, -0.1) is 0 Å². The van der Waals surface area contributed by atoms with Crippen molar-refractivity contribution in [1.29, 1.82) is 0 Å². The van der Waals surface area contributed by atoms with Crippen LogP contribution in [0.3, 0.4) is 0 Å². The molecule has 3 N–H and O–H groups in total. The molecule has 1 atom stereocenters. The number of primary amides is 1. The molecule has 0 bridgehead atoms. The van der Waals surface area contributed by atoms with E-state index in [1.54, 1.807) is 4.90 Å². The number of nitrogens with one attached hydrogen (secondary N) is 1. The minimum atomic E-state index is -0.864. The van der Waals surface area contributed by atoms with Crippen LogP contribution in [0.4, 0.5) is 10.5 Å². The number of nitrogens with zero attached hydrogens (tertiary/aromatic N) is 3. The number of likely N-dealkylation sites (tertiary alicyclic amines) is 1. The van der Waals surface area contributed by atoms with Crippen molar-refractivity contribution in [2.75, 3.05) is 18.4 Å². The van der Waals surface area contributed by atoms with Gasteiger partial charge in [0.25, 0.3) is 0 Å². The Balaban J connectivity index is 1.56. The van der Waals surface area contributed by atoms with Crippen molar-refractivity contribution in [2.24, 2.45) is 5.73 Å². The third-order valence-electron chi connectivity index (χ3n) is 5.88. The molecule has 1 aliphatic rings. The molecule has 1 saturated heterocycles. The normalized spacial score (nSPS) is 18.4. The number of hydrogen-bond acceptors (Lipinski definition) is 3. The van der Waals surface area contributed by atoms with Crippen molar-refractivity contribution >= 4 is 17.6 Å². The average Bonchev–Trinajstić information content (AvgIpc) is 3.33. The maximum absolute atomic E-state index is 13.0. The largest absolute Gasteiger partial charge is 0.369 e. The highest BCUT2D eigenvalue weighted by atomic mass is 16.2. The zero-order chi connectivity index (χ0) is 21.3. The maximum Gasteiger partial charge on any atom is 0.321 e. The van der Waals surface area contributed by atoms with Crippen LogP contribution < -0.4 is 11.1 Å². The smallest absolute Gasteiger partial charge is 0.321 e. The van der Waals surface area contributed by atoms with Crippen molar-refractivity contribution in [3.05, 3.63) is 77.6 Å². The molecular weight excluding hydrogens is 378 g/mol. The minimum Gasteiger partial charge on any atom is -0.369 e. The van der Waals surface area contributed by atoms with Crippen LogP contribution in [0, 0.1) is 13.8 Å². The molecule has 7 nitrogen and oxygen atoms in total. The third-order valence-corrected chi connectivity index (χ3v) is 5.88. The highest BCUT2D eigenvalue weighted by Gasteiger charge is 2.46. The molecule has 1 aromatic heterocycles. The number of para-hydroxylation sites is 1. The van der Waals surface area contributed by atoms with Crippen LogP contribution in [0.5, 0.6) is 0 Å². The Hall–Kier alpha value is -3.61. The van der Waals surface area contributed by atoms with E-state index in [0.717, 1.165) is 22.6 Å². The van der Waals surface area contributed by atoms with Crippen LogP contribution in [0.15, 0.2) is 60.7 Å². The summed E-state index contributed by atoms with van der Waals surface area (Å²) < 4.78 is 1.81. The predicted octanol–water partition coefficient (Wildman–Crippen LogP) is 3.15. The van der Waals surface area contributed by atoms with E-state index in [4.69, 9.17) is 5.73 Å². The van der Waals surface area contributed by atoms with Crippen molar-refractivity contribution in [2.45, 2.75) is 25.7 Å². The summed E-state index contributed by atoms with van der Waals surface area (Å²) in [5, 5.41) is 7.56. The second-order valence-corrected chi connectivity index (χ2v) is 7.71. The highest BCUT2D eigenvalue weighted by Crippen LogP contribution is 2.35. The lowest BCUT2D eigenvalue weighted by atomic mass is 9.79. The lowest BCUT2D eigenvalue weighted by molar-refractivity contribution is -0.123. The Labute approximate surface area is 175 Å². The van der Waals surface area contributed by atoms with Crippen molar-refractivity contribution in [3.8, 4) is 5.69 Å². The Morgan fingerprint density at radius 1 is 1.03 bits per heavy atom. The van der Waals surface area contributed by atoms with E-state index < -0.39 is 11.3 Å². The fourth-order valence-corrected chi connectivity index (χ4v) is 4.15. The Bertz CT molecular complexity index is 1080. The van der Waals surface area contributed by atoms with Gasteiger partial charge in [0, 0.05) is 13.1 Å². The third kappa shape index (κ3) is 3.32. The number of hydrogen-bond donors (Lipinski definition) is 2. The van der Waals surface area contributed by atoms with Gasteiger partial charge in [0.15, 0.2) is 0 Å². The van der Waals surface area contributed by atoms with Crippen LogP contribution >= 0.6 is 0 Å². The molecule has 154 valence electrons. The number of benzene rings is 2. The summed E-state index contributed by atoms with van der Waals surface area (Å²) in [7, 11) is 0. The molecule has 7 heteroatoms. The monoisotopic (exact) mass is 403 g/mol. The predicted molar refractivity (Wildman–Crippen MR) is 116 cm³/mol. The van der Waals surface area contributed by atoms with Gasteiger partial charge in [0.05, 0.1) is 28.2 Å². The van der Waals surface area contributed by atoms with Gasteiger partial charge in [0.1, 0.15) is 0 Å². The number of aromatic nitrogens is 2. The average molecular weight is 403 g/mol. The number of anilines is 1. The first-order valence-electron chi connectivity index (χ1n) is 9.95. The first-order valence-corrected chi connectivity index (χ1v) is 9.95. The Kier molecular flexibility index (Phi) is 5.03. The molecule has 3 amide bonds. The molecule has 0 spiro atoms. The molecule has 30 heavy (non-hydrogen) atoms. The molecule has 0 saturated carbocycles. The SMILES string of the molecule is Cc1nn(-c2ccccc2)c(C)c1NC(=O)N1CCC(C(N)=O)(c2ccccc2)C1. The van der Waals surface area contributed by atoms with Crippen LogP contribution in [-0.2, 0) is 10.2 Å². The van der Waals surface area contributed by atoms with Gasteiger partial charge in [-0.3, -0.25) is 4.79 Å². The maximum atomic E-state index is 13.0. The van der Waals surface area contributed by atoms with E-state index in [9.17, 15) is 9.59 Å². The van der Waals surface area contributed by atoms with Gasteiger partial charge >= 0.3 is 6.03 Å². The standard InChI is InChI=1S/C23H25N5O2/c1-16-20(17(2)28(26-16)19-11-7-4-8-12-19)25-22(30)27-14-13-23(15-27,21(24)29)18-9-5-3-6-10-18/h3-12H,13-15H2,1-2H3,(H2,24,29)(H,25,30). The lowest BCUT2D eigenvalue weighted by Crippen LogP contribution is -2.45. The first kappa shape index (κ1) is 19.7. The molecule has 1 fully saturated rings. The van der Waals surface area contributed by atoms with E-state index in [1.165, 1.54) is 0 Å². The molecule has 1 unspecified atom stereocenters. The van der Waals surface area contributed by atoms with Gasteiger partial charge in [-0.05, 0) is 38.0 Å². The van der Waals surface area contributed by atoms with Crippen LogP contribution in [0.2, 0.25) is 0 Å². The summed E-state index contributed by atoms with van der Waals surface area (Å²) in [5.41, 5.74) is 8.95. The molecule has 3 aromatic rings. The number of urea groups is 1.